The smallest absolute Gasteiger partial charge is 0.104 e. The summed E-state index contributed by atoms with van der Waals surface area (Å²) < 4.78 is 15.6. The lowest BCUT2D eigenvalue weighted by Gasteiger charge is -2.03. The Balaban J connectivity index is 1.44. The monoisotopic (exact) mass is 904 g/mol. The Bertz CT molecular complexity index is 2020. The highest BCUT2D eigenvalue weighted by atomic mass is 32.3. The highest BCUT2D eigenvalue weighted by molar-refractivity contribution is 8.46. The number of benzene rings is 1. The molecule has 52 heavy (non-hydrogen) atoms. The normalized spacial score (nSPS) is 14.4. The first-order valence-corrected chi connectivity index (χ1v) is 28.1. The van der Waals surface area contributed by atoms with Gasteiger partial charge in [0, 0.05) is 10.8 Å². The van der Waals surface area contributed by atoms with Gasteiger partial charge in [-0.1, -0.05) is 125 Å². The van der Waals surface area contributed by atoms with E-state index in [4.69, 9.17) is 0 Å². The van der Waals surface area contributed by atoms with Gasteiger partial charge in [0.05, 0.1) is 25.4 Å². The number of hydrogen-bond acceptors (Lipinski definition) is 12. The Kier molecular flexibility index (Phi) is 17.7. The van der Waals surface area contributed by atoms with Crippen molar-refractivity contribution in [3.63, 3.8) is 0 Å². The molecule has 0 spiro atoms. The van der Waals surface area contributed by atoms with Crippen LogP contribution in [0.3, 0.4) is 0 Å². The third-order valence-electron chi connectivity index (χ3n) is 7.36. The molecule has 1 aliphatic carbocycles. The standard InChI is InChI=1S/C40H40S12/c1-5-9-23-41-33-34(42-24-10-6-2)50-39(49-33)37-45-29-19-17-27-15-13-14-16-28(27)18-20-30-32(22-21-31(29)47-37)48-38(46-30)40-51-35(43-25-11-7-3)36(52-40)44-26-12-8-4/h13-16H,5-12,23-26H2,1-4H3. The molecular weight excluding hydrogens is 865 g/mol. The van der Waals surface area contributed by atoms with E-state index in [0.717, 1.165) is 28.9 Å². The predicted molar refractivity (Wildman–Crippen MR) is 254 cm³/mol. The molecule has 0 amide bonds. The van der Waals surface area contributed by atoms with Crippen LogP contribution in [-0.2, 0) is 0 Å². The quantitative estimate of drug-likeness (QED) is 0.101. The summed E-state index contributed by atoms with van der Waals surface area (Å²) in [6.07, 6.45) is 9.96. The van der Waals surface area contributed by atoms with Crippen molar-refractivity contribution in [2.75, 3.05) is 23.0 Å². The van der Waals surface area contributed by atoms with E-state index in [1.807, 2.05) is 139 Å². The molecule has 5 aliphatic rings. The van der Waals surface area contributed by atoms with Crippen molar-refractivity contribution in [3.8, 4) is 0 Å². The SMILES string of the molecule is CCCCSC1=C(SCCCC)SC(=c2sc3c#cc4sc(=C5SC(SCCCC)=C(SCCCC)S5)sc=4c#cc4ccccc4c#cc=3s2)S1. The Hall–Kier alpha value is 0.0200. The van der Waals surface area contributed by atoms with Crippen molar-refractivity contribution < 1.29 is 0 Å². The van der Waals surface area contributed by atoms with Gasteiger partial charge in [0.15, 0.2) is 0 Å². The fourth-order valence-electron chi connectivity index (χ4n) is 4.46. The van der Waals surface area contributed by atoms with Crippen molar-refractivity contribution in [2.45, 2.75) is 79.1 Å². The molecule has 0 saturated carbocycles. The zero-order valence-corrected chi connectivity index (χ0v) is 39.5. The van der Waals surface area contributed by atoms with Crippen LogP contribution in [-0.4, -0.2) is 23.0 Å². The van der Waals surface area contributed by atoms with Gasteiger partial charge in [-0.05, 0) is 85.1 Å². The second kappa shape index (κ2) is 22.1. The molecular formula is C40H40S12. The highest BCUT2D eigenvalue weighted by Gasteiger charge is 2.24. The molecule has 12 heteroatoms. The third-order valence-corrected chi connectivity index (χ3v) is 24.7. The van der Waals surface area contributed by atoms with Crippen LogP contribution in [0, 0.1) is 54.5 Å². The second-order valence-corrected chi connectivity index (χ2v) is 26.2. The zero-order chi connectivity index (χ0) is 36.1. The first-order valence-electron chi connectivity index (χ1n) is 17.6. The Morgan fingerprint density at radius 3 is 1.00 bits per heavy atom. The van der Waals surface area contributed by atoms with E-state index in [0.29, 0.717) is 0 Å². The predicted octanol–water partition coefficient (Wildman–Crippen LogP) is 15.1. The van der Waals surface area contributed by atoms with Crippen LogP contribution in [0.2, 0.25) is 0 Å². The number of unbranched alkanes of at least 4 members (excludes halogenated alkanes) is 4. The number of hydrogen-bond donors (Lipinski definition) is 0. The van der Waals surface area contributed by atoms with Gasteiger partial charge in [-0.25, -0.2) is 0 Å². The van der Waals surface area contributed by atoms with E-state index in [-0.39, 0.29) is 0 Å². The second-order valence-electron chi connectivity index (χ2n) is 11.5. The van der Waals surface area contributed by atoms with Gasteiger partial charge in [0.25, 0.3) is 0 Å². The van der Waals surface area contributed by atoms with E-state index < -0.39 is 0 Å². The van der Waals surface area contributed by atoms with Crippen molar-refractivity contribution in [1.29, 1.82) is 0 Å². The summed E-state index contributed by atoms with van der Waals surface area (Å²) >= 11 is 23.3. The van der Waals surface area contributed by atoms with Gasteiger partial charge in [0.2, 0.25) is 0 Å². The van der Waals surface area contributed by atoms with Crippen LogP contribution in [0.1, 0.15) is 79.1 Å². The van der Waals surface area contributed by atoms with Gasteiger partial charge in [0.1, 0.15) is 25.8 Å². The summed E-state index contributed by atoms with van der Waals surface area (Å²) in [4.78, 5) is 0. The molecule has 0 nitrogen and oxygen atoms in total. The summed E-state index contributed by atoms with van der Waals surface area (Å²) in [6, 6.07) is 29.7. The molecule has 0 saturated heterocycles. The summed E-state index contributed by atoms with van der Waals surface area (Å²) in [5, 5.41) is 1.95. The van der Waals surface area contributed by atoms with Gasteiger partial charge < -0.3 is 0 Å². The number of thioether (sulfide) groups is 8. The maximum atomic E-state index is 3.63. The lowest BCUT2D eigenvalue weighted by Crippen LogP contribution is -1.87. The van der Waals surface area contributed by atoms with E-state index in [1.54, 1.807) is 0 Å². The van der Waals surface area contributed by atoms with Crippen LogP contribution in [0.4, 0.5) is 0 Å². The van der Waals surface area contributed by atoms with Crippen molar-refractivity contribution in [2.24, 2.45) is 0 Å². The van der Waals surface area contributed by atoms with E-state index in [1.165, 1.54) is 107 Å². The number of rotatable bonds is 16. The minimum absolute atomic E-state index is 0.975. The molecule has 272 valence electrons. The van der Waals surface area contributed by atoms with Crippen molar-refractivity contribution in [3.05, 3.63) is 103 Å². The number of fused-ring (bicyclic) bond motifs is 1. The Morgan fingerprint density at radius 2 is 0.712 bits per heavy atom. The molecule has 6 rings (SSSR count). The fraction of sp³-hybridized carbons (Fsp3) is 0.400. The maximum Gasteiger partial charge on any atom is 0.104 e. The van der Waals surface area contributed by atoms with E-state index in [2.05, 4.69) is 88.4 Å². The van der Waals surface area contributed by atoms with Crippen molar-refractivity contribution in [1.82, 2.24) is 0 Å². The first-order chi connectivity index (χ1) is 25.6. The zero-order valence-electron chi connectivity index (χ0n) is 29.7. The Morgan fingerprint density at radius 1 is 0.423 bits per heavy atom. The third kappa shape index (κ3) is 11.5. The van der Waals surface area contributed by atoms with E-state index >= 15 is 0 Å². The molecule has 0 bridgehead atoms. The molecule has 0 N–H and O–H groups in total. The molecule has 4 aliphatic heterocycles. The topological polar surface area (TPSA) is 0 Å². The maximum absolute atomic E-state index is 3.63. The van der Waals surface area contributed by atoms with Gasteiger partial charge in [-0.3, -0.25) is 0 Å². The molecule has 0 atom stereocenters. The van der Waals surface area contributed by atoms with Crippen LogP contribution < -0.4 is 7.69 Å². The van der Waals surface area contributed by atoms with Crippen LogP contribution in [0.15, 0.2) is 41.2 Å². The van der Waals surface area contributed by atoms with Gasteiger partial charge >= 0.3 is 0 Å². The van der Waals surface area contributed by atoms with Crippen LogP contribution >= 0.6 is 139 Å². The lowest BCUT2D eigenvalue weighted by atomic mass is 10.2. The Labute approximate surface area is 360 Å². The lowest BCUT2D eigenvalue weighted by molar-refractivity contribution is 0.897. The highest BCUT2D eigenvalue weighted by Crippen LogP contribution is 2.59. The fourth-order valence-corrected chi connectivity index (χ4v) is 22.0. The molecule has 0 radical (unpaired) electrons. The molecule has 0 unspecified atom stereocenters. The average molecular weight is 906 g/mol. The summed E-state index contributed by atoms with van der Waals surface area (Å²) in [7, 11) is 0. The first kappa shape index (κ1) is 41.6. The van der Waals surface area contributed by atoms with Crippen LogP contribution in [0.25, 0.3) is 19.2 Å². The summed E-state index contributed by atoms with van der Waals surface area (Å²) in [6.45, 7) is 9.12. The average Bonchev–Trinajstić information content (AvgIpc) is 3.95. The van der Waals surface area contributed by atoms with Gasteiger partial charge in [-0.15, -0.1) is 92.4 Å². The summed E-state index contributed by atoms with van der Waals surface area (Å²) in [5.74, 6) is 4.74. The largest absolute Gasteiger partial charge is 0.117 e. The molecule has 0 aromatic heterocycles. The molecule has 4 heterocycles. The van der Waals surface area contributed by atoms with Crippen LogP contribution in [0.5, 0.6) is 0 Å². The minimum Gasteiger partial charge on any atom is -0.117 e. The molecule has 1 aromatic rings. The molecule has 0 fully saturated rings. The summed E-state index contributed by atoms with van der Waals surface area (Å²) in [5.41, 5.74) is 0. The molecule has 1 aromatic carbocycles. The van der Waals surface area contributed by atoms with Gasteiger partial charge in [-0.2, -0.15) is 0 Å². The van der Waals surface area contributed by atoms with Crippen molar-refractivity contribution >= 4 is 159 Å². The van der Waals surface area contributed by atoms with E-state index in [9.17, 15) is 0 Å². The minimum atomic E-state index is 0.975.